The Morgan fingerprint density at radius 3 is 1.68 bits per heavy atom. The van der Waals surface area contributed by atoms with Crippen molar-refractivity contribution in [3.63, 3.8) is 0 Å². The van der Waals surface area contributed by atoms with Gasteiger partial charge in [-0.05, 0) is 24.3 Å². The van der Waals surface area contributed by atoms with Crippen LogP contribution >= 0.6 is 0 Å². The van der Waals surface area contributed by atoms with E-state index in [1.807, 2.05) is 95.8 Å². The van der Waals surface area contributed by atoms with Crippen molar-refractivity contribution in [1.29, 1.82) is 0 Å². The van der Waals surface area contributed by atoms with Crippen LogP contribution < -0.4 is 9.47 Å². The van der Waals surface area contributed by atoms with Gasteiger partial charge in [-0.25, -0.2) is 0 Å². The number of hydrogen-bond acceptors (Lipinski definition) is 1. The number of rotatable bonds is 4. The lowest BCUT2D eigenvalue weighted by Crippen LogP contribution is -2.42. The molecule has 0 aliphatic heterocycles. The van der Waals surface area contributed by atoms with Gasteiger partial charge in [0.05, 0.1) is 0 Å². The molecule has 108 valence electrons. The number of carbonyl (C=O) groups is 1. The molecule has 0 aliphatic rings. The molecule has 0 saturated carbocycles. The fourth-order valence-electron chi connectivity index (χ4n) is 2.36. The van der Waals surface area contributed by atoms with Gasteiger partial charge in [0.25, 0.3) is 5.91 Å². The first-order chi connectivity index (χ1) is 10.8. The van der Waals surface area contributed by atoms with E-state index in [-0.39, 0.29) is 5.91 Å². The molecule has 0 aliphatic carbocycles. The predicted molar refractivity (Wildman–Crippen MR) is 86.7 cm³/mol. The van der Waals surface area contributed by atoms with Gasteiger partial charge in [0, 0.05) is 23.5 Å². The first kappa shape index (κ1) is 14.0. The topological polar surface area (TPSA) is 24.2 Å². The molecular formula is C19H17N2O+. The number of amides is 1. The molecule has 22 heavy (non-hydrogen) atoms. The first-order valence-corrected chi connectivity index (χ1v) is 7.22. The second-order valence-corrected chi connectivity index (χ2v) is 4.95. The molecule has 3 aromatic rings. The summed E-state index contributed by atoms with van der Waals surface area (Å²) in [5, 5.41) is 0. The molecule has 3 nitrogen and oxygen atoms in total. The summed E-state index contributed by atoms with van der Waals surface area (Å²) in [6.45, 7) is 0.296. The van der Waals surface area contributed by atoms with Gasteiger partial charge in [-0.1, -0.05) is 42.5 Å². The van der Waals surface area contributed by atoms with Crippen molar-refractivity contribution in [3.05, 3.63) is 91.3 Å². The molecule has 1 aromatic heterocycles. The van der Waals surface area contributed by atoms with E-state index in [1.165, 1.54) is 0 Å². The van der Waals surface area contributed by atoms with E-state index in [0.717, 1.165) is 11.4 Å². The van der Waals surface area contributed by atoms with Gasteiger partial charge in [0.2, 0.25) is 6.54 Å². The van der Waals surface area contributed by atoms with Gasteiger partial charge in [-0.3, -0.25) is 9.69 Å². The molecule has 1 heterocycles. The van der Waals surface area contributed by atoms with Crippen LogP contribution in [0.3, 0.4) is 0 Å². The van der Waals surface area contributed by atoms with E-state index in [1.54, 1.807) is 4.90 Å². The van der Waals surface area contributed by atoms with E-state index in [2.05, 4.69) is 0 Å². The zero-order valence-electron chi connectivity index (χ0n) is 12.2. The third-order valence-corrected chi connectivity index (χ3v) is 3.37. The maximum Gasteiger partial charge on any atom is 0.297 e. The van der Waals surface area contributed by atoms with Gasteiger partial charge in [-0.2, -0.15) is 4.57 Å². The van der Waals surface area contributed by atoms with E-state index in [4.69, 9.17) is 0 Å². The highest BCUT2D eigenvalue weighted by molar-refractivity contribution is 5.99. The third kappa shape index (κ3) is 3.20. The lowest BCUT2D eigenvalue weighted by molar-refractivity contribution is -0.684. The summed E-state index contributed by atoms with van der Waals surface area (Å²) in [7, 11) is 0. The number of aromatic nitrogens is 1. The Hall–Kier alpha value is -2.94. The number of hydrogen-bond donors (Lipinski definition) is 0. The second kappa shape index (κ2) is 6.68. The number of benzene rings is 2. The van der Waals surface area contributed by atoms with E-state index < -0.39 is 0 Å². The van der Waals surface area contributed by atoms with Crippen LogP contribution in [-0.2, 0) is 11.3 Å². The zero-order chi connectivity index (χ0) is 15.2. The maximum absolute atomic E-state index is 12.8. The SMILES string of the molecule is O=C(C[n+]1ccccc1)N(c1ccccc1)c1ccccc1. The molecule has 3 heteroatoms. The van der Waals surface area contributed by atoms with Crippen molar-refractivity contribution >= 4 is 17.3 Å². The summed E-state index contributed by atoms with van der Waals surface area (Å²) >= 11 is 0. The summed E-state index contributed by atoms with van der Waals surface area (Å²) in [6.07, 6.45) is 3.79. The van der Waals surface area contributed by atoms with E-state index in [9.17, 15) is 4.79 Å². The van der Waals surface area contributed by atoms with Crippen molar-refractivity contribution in [2.24, 2.45) is 0 Å². The Morgan fingerprint density at radius 2 is 1.18 bits per heavy atom. The summed E-state index contributed by atoms with van der Waals surface area (Å²) in [4.78, 5) is 14.6. The third-order valence-electron chi connectivity index (χ3n) is 3.37. The molecule has 1 amide bonds. The Balaban J connectivity index is 1.94. The lowest BCUT2D eigenvalue weighted by atomic mass is 10.2. The van der Waals surface area contributed by atoms with Gasteiger partial charge in [-0.15, -0.1) is 0 Å². The maximum atomic E-state index is 12.8. The molecule has 0 saturated heterocycles. The minimum Gasteiger partial charge on any atom is -0.276 e. The number of pyridine rings is 1. The van der Waals surface area contributed by atoms with Crippen LogP contribution in [0.5, 0.6) is 0 Å². The molecule has 0 radical (unpaired) electrons. The smallest absolute Gasteiger partial charge is 0.276 e. The number of para-hydroxylation sites is 2. The molecule has 0 atom stereocenters. The normalized spacial score (nSPS) is 10.2. The summed E-state index contributed by atoms with van der Waals surface area (Å²) in [6, 6.07) is 25.2. The van der Waals surface area contributed by atoms with Crippen LogP contribution in [0.1, 0.15) is 0 Å². The van der Waals surface area contributed by atoms with Crippen molar-refractivity contribution in [3.8, 4) is 0 Å². The largest absolute Gasteiger partial charge is 0.297 e. The lowest BCUT2D eigenvalue weighted by Gasteiger charge is -2.21. The van der Waals surface area contributed by atoms with Crippen molar-refractivity contribution < 1.29 is 9.36 Å². The molecule has 3 rings (SSSR count). The molecule has 0 unspecified atom stereocenters. The highest BCUT2D eigenvalue weighted by atomic mass is 16.2. The molecular weight excluding hydrogens is 272 g/mol. The van der Waals surface area contributed by atoms with Crippen LogP contribution in [-0.4, -0.2) is 5.91 Å². The quantitative estimate of drug-likeness (QED) is 0.676. The second-order valence-electron chi connectivity index (χ2n) is 4.95. The predicted octanol–water partition coefficient (Wildman–Crippen LogP) is 3.34. The molecule has 0 fully saturated rings. The standard InChI is InChI=1S/C19H17N2O/c22-19(16-20-14-8-3-9-15-20)21(17-10-4-1-5-11-17)18-12-6-2-7-13-18/h1-15H,16H2/q+1. The van der Waals surface area contributed by atoms with Crippen molar-refractivity contribution in [2.75, 3.05) is 4.90 Å². The Bertz CT molecular complexity index is 688. The number of anilines is 2. The Labute approximate surface area is 130 Å². The monoisotopic (exact) mass is 289 g/mol. The van der Waals surface area contributed by atoms with Crippen molar-refractivity contribution in [2.45, 2.75) is 6.54 Å². The highest BCUT2D eigenvalue weighted by Crippen LogP contribution is 2.24. The summed E-state index contributed by atoms with van der Waals surface area (Å²) in [5.74, 6) is 0.0219. The zero-order valence-corrected chi connectivity index (χ0v) is 12.2. The minimum absolute atomic E-state index is 0.0219. The fraction of sp³-hybridized carbons (Fsp3) is 0.0526. The summed E-state index contributed by atoms with van der Waals surface area (Å²) < 4.78 is 1.88. The van der Waals surface area contributed by atoms with Crippen LogP contribution in [0.25, 0.3) is 0 Å². The molecule has 0 spiro atoms. The average Bonchev–Trinajstić information content (AvgIpc) is 2.58. The van der Waals surface area contributed by atoms with Gasteiger partial charge in [0.15, 0.2) is 12.4 Å². The molecule has 0 bridgehead atoms. The first-order valence-electron chi connectivity index (χ1n) is 7.22. The van der Waals surface area contributed by atoms with Gasteiger partial charge in [0.1, 0.15) is 0 Å². The van der Waals surface area contributed by atoms with E-state index >= 15 is 0 Å². The number of carbonyl (C=O) groups excluding carboxylic acids is 1. The fourth-order valence-corrected chi connectivity index (χ4v) is 2.36. The van der Waals surface area contributed by atoms with Crippen LogP contribution in [0.2, 0.25) is 0 Å². The average molecular weight is 289 g/mol. The molecule has 0 N–H and O–H groups in total. The van der Waals surface area contributed by atoms with Gasteiger partial charge < -0.3 is 0 Å². The highest BCUT2D eigenvalue weighted by Gasteiger charge is 2.21. The number of nitrogens with zero attached hydrogens (tertiary/aromatic N) is 2. The van der Waals surface area contributed by atoms with Crippen LogP contribution in [0.4, 0.5) is 11.4 Å². The van der Waals surface area contributed by atoms with Crippen LogP contribution in [0.15, 0.2) is 91.3 Å². The molecule has 2 aromatic carbocycles. The van der Waals surface area contributed by atoms with Gasteiger partial charge >= 0.3 is 0 Å². The Kier molecular flexibility index (Phi) is 4.25. The minimum atomic E-state index is 0.0219. The van der Waals surface area contributed by atoms with Crippen molar-refractivity contribution in [1.82, 2.24) is 0 Å². The van der Waals surface area contributed by atoms with E-state index in [0.29, 0.717) is 6.54 Å². The van der Waals surface area contributed by atoms with Crippen LogP contribution in [0, 0.1) is 0 Å². The Morgan fingerprint density at radius 1 is 0.727 bits per heavy atom. The summed E-state index contributed by atoms with van der Waals surface area (Å²) in [5.41, 5.74) is 1.74.